The van der Waals surface area contributed by atoms with Gasteiger partial charge in [-0.2, -0.15) is 0 Å². The van der Waals surface area contributed by atoms with Crippen LogP contribution in [-0.2, 0) is 6.42 Å². The van der Waals surface area contributed by atoms with Gasteiger partial charge in [-0.15, -0.1) is 0 Å². The number of likely N-dealkylation sites (tertiary alicyclic amines) is 1. The summed E-state index contributed by atoms with van der Waals surface area (Å²) < 4.78 is 0. The van der Waals surface area contributed by atoms with Crippen molar-refractivity contribution in [1.82, 2.24) is 10.2 Å². The largest absolute Gasteiger partial charge is 0.334 e. The number of piperidine rings is 1. The number of rotatable bonds is 5. The zero-order valence-corrected chi connectivity index (χ0v) is 18.5. The number of anilines is 1. The summed E-state index contributed by atoms with van der Waals surface area (Å²) in [6.07, 6.45) is 7.01. The van der Waals surface area contributed by atoms with Gasteiger partial charge in [0.1, 0.15) is 0 Å². The molecule has 4 nitrogen and oxygen atoms in total. The van der Waals surface area contributed by atoms with Crippen molar-refractivity contribution in [2.24, 2.45) is 5.92 Å². The first-order chi connectivity index (χ1) is 14.6. The standard InChI is InChI=1S/C25H32ClN3O/c1-18-5-2-3-6-22(18)27-25(30)28-23-7-4-8-24(23)29-15-13-20(14-16-29)17-19-9-11-21(26)12-10-19/h2-3,5-6,9-12,20,23-24H,4,7-8,13-17H2,1H3,(H2,27,28,30). The molecule has 2 aromatic rings. The number of urea groups is 1. The summed E-state index contributed by atoms with van der Waals surface area (Å²) in [5.74, 6) is 0.736. The molecule has 1 heterocycles. The van der Waals surface area contributed by atoms with Crippen molar-refractivity contribution in [2.45, 2.75) is 57.5 Å². The second kappa shape index (κ2) is 9.84. The molecule has 2 amide bonds. The minimum absolute atomic E-state index is 0.0844. The monoisotopic (exact) mass is 425 g/mol. The summed E-state index contributed by atoms with van der Waals surface area (Å²) in [5, 5.41) is 7.08. The van der Waals surface area contributed by atoms with Gasteiger partial charge >= 0.3 is 6.03 Å². The van der Waals surface area contributed by atoms with E-state index in [0.717, 1.165) is 48.1 Å². The van der Waals surface area contributed by atoms with Gasteiger partial charge in [0.25, 0.3) is 0 Å². The van der Waals surface area contributed by atoms with Crippen LogP contribution in [-0.4, -0.2) is 36.1 Å². The summed E-state index contributed by atoms with van der Waals surface area (Å²) in [4.78, 5) is 15.2. The molecule has 1 aliphatic heterocycles. The summed E-state index contributed by atoms with van der Waals surface area (Å²) in [7, 11) is 0. The van der Waals surface area contributed by atoms with Gasteiger partial charge in [0, 0.05) is 22.8 Å². The maximum Gasteiger partial charge on any atom is 0.319 e. The van der Waals surface area contributed by atoms with Gasteiger partial charge in [0.05, 0.1) is 0 Å². The minimum atomic E-state index is -0.0844. The maximum absolute atomic E-state index is 12.6. The van der Waals surface area contributed by atoms with Gasteiger partial charge in [-0.05, 0) is 93.8 Å². The SMILES string of the molecule is Cc1ccccc1NC(=O)NC1CCCC1N1CCC(Cc2ccc(Cl)cc2)CC1. The molecule has 2 atom stereocenters. The van der Waals surface area contributed by atoms with Gasteiger partial charge in [0.15, 0.2) is 0 Å². The maximum atomic E-state index is 12.6. The molecule has 0 radical (unpaired) electrons. The van der Waals surface area contributed by atoms with Gasteiger partial charge in [0.2, 0.25) is 0 Å². The second-order valence-corrected chi connectivity index (χ2v) is 9.26. The number of nitrogens with one attached hydrogen (secondary N) is 2. The molecule has 160 valence electrons. The molecule has 0 aromatic heterocycles. The molecule has 4 rings (SSSR count). The van der Waals surface area contributed by atoms with Crippen molar-refractivity contribution in [2.75, 3.05) is 18.4 Å². The molecule has 1 saturated carbocycles. The zero-order valence-electron chi connectivity index (χ0n) is 17.7. The number of hydrogen-bond donors (Lipinski definition) is 2. The Kier molecular flexibility index (Phi) is 6.96. The van der Waals surface area contributed by atoms with Crippen LogP contribution in [0.5, 0.6) is 0 Å². The van der Waals surface area contributed by atoms with Crippen LogP contribution in [0.1, 0.15) is 43.2 Å². The van der Waals surface area contributed by atoms with Gasteiger partial charge in [-0.25, -0.2) is 4.79 Å². The van der Waals surface area contributed by atoms with Crippen molar-refractivity contribution in [1.29, 1.82) is 0 Å². The van der Waals surface area contributed by atoms with E-state index in [1.54, 1.807) is 0 Å². The van der Waals surface area contributed by atoms with Crippen LogP contribution in [0.2, 0.25) is 5.02 Å². The highest BCUT2D eigenvalue weighted by Gasteiger charge is 2.35. The lowest BCUT2D eigenvalue weighted by molar-refractivity contribution is 0.119. The van der Waals surface area contributed by atoms with Crippen LogP contribution in [0.15, 0.2) is 48.5 Å². The van der Waals surface area contributed by atoms with Crippen molar-refractivity contribution in [3.8, 4) is 0 Å². The predicted octanol–water partition coefficient (Wildman–Crippen LogP) is 5.65. The summed E-state index contributed by atoms with van der Waals surface area (Å²) in [5.41, 5.74) is 3.34. The highest BCUT2D eigenvalue weighted by Crippen LogP contribution is 2.30. The molecule has 2 N–H and O–H groups in total. The zero-order chi connectivity index (χ0) is 20.9. The normalized spacial score (nSPS) is 22.7. The minimum Gasteiger partial charge on any atom is -0.334 e. The molecule has 2 fully saturated rings. The van der Waals surface area contributed by atoms with E-state index in [9.17, 15) is 4.79 Å². The van der Waals surface area contributed by atoms with Crippen LogP contribution in [0.4, 0.5) is 10.5 Å². The van der Waals surface area contributed by atoms with Crippen LogP contribution >= 0.6 is 11.6 Å². The Morgan fingerprint density at radius 1 is 1.03 bits per heavy atom. The Labute approximate surface area is 185 Å². The van der Waals surface area contributed by atoms with Gasteiger partial charge in [-0.3, -0.25) is 4.90 Å². The number of aryl methyl sites for hydroxylation is 1. The molecule has 2 unspecified atom stereocenters. The summed E-state index contributed by atoms with van der Waals surface area (Å²) in [6, 6.07) is 16.8. The van der Waals surface area contributed by atoms with E-state index in [1.165, 1.54) is 31.2 Å². The van der Waals surface area contributed by atoms with E-state index in [0.29, 0.717) is 6.04 Å². The fourth-order valence-corrected chi connectivity index (χ4v) is 5.15. The van der Waals surface area contributed by atoms with Crippen LogP contribution in [0.3, 0.4) is 0 Å². The number of halogens is 1. The smallest absolute Gasteiger partial charge is 0.319 e. The van der Waals surface area contributed by atoms with Crippen molar-refractivity contribution in [3.63, 3.8) is 0 Å². The van der Waals surface area contributed by atoms with Crippen LogP contribution < -0.4 is 10.6 Å². The Hall–Kier alpha value is -2.04. The first-order valence-corrected chi connectivity index (χ1v) is 11.6. The topological polar surface area (TPSA) is 44.4 Å². The fourth-order valence-electron chi connectivity index (χ4n) is 5.03. The number of amides is 2. The molecular weight excluding hydrogens is 394 g/mol. The molecule has 5 heteroatoms. The molecule has 30 heavy (non-hydrogen) atoms. The van der Waals surface area contributed by atoms with E-state index < -0.39 is 0 Å². The van der Waals surface area contributed by atoms with E-state index in [2.05, 4.69) is 27.7 Å². The molecule has 0 spiro atoms. The Bertz CT molecular complexity index is 846. The highest BCUT2D eigenvalue weighted by molar-refractivity contribution is 6.30. The number of hydrogen-bond acceptors (Lipinski definition) is 2. The molecule has 0 bridgehead atoms. The average molecular weight is 426 g/mol. The number of para-hydroxylation sites is 1. The summed E-state index contributed by atoms with van der Waals surface area (Å²) in [6.45, 7) is 4.27. The van der Waals surface area contributed by atoms with Crippen molar-refractivity contribution in [3.05, 3.63) is 64.7 Å². The first kappa shape index (κ1) is 21.2. The Morgan fingerprint density at radius 3 is 2.50 bits per heavy atom. The van der Waals surface area contributed by atoms with Gasteiger partial charge in [-0.1, -0.05) is 41.9 Å². The van der Waals surface area contributed by atoms with E-state index in [-0.39, 0.29) is 12.1 Å². The highest BCUT2D eigenvalue weighted by atomic mass is 35.5. The molecule has 2 aromatic carbocycles. The van der Waals surface area contributed by atoms with E-state index in [1.807, 2.05) is 43.3 Å². The van der Waals surface area contributed by atoms with E-state index >= 15 is 0 Å². The lowest BCUT2D eigenvalue weighted by Gasteiger charge is -2.38. The number of benzene rings is 2. The number of carbonyl (C=O) groups excluding carboxylic acids is 1. The fraction of sp³-hybridized carbons (Fsp3) is 0.480. The molecule has 1 saturated heterocycles. The quantitative estimate of drug-likeness (QED) is 0.650. The lowest BCUT2D eigenvalue weighted by Crippen LogP contribution is -2.52. The Morgan fingerprint density at radius 2 is 1.77 bits per heavy atom. The third-order valence-corrected chi connectivity index (χ3v) is 7.00. The predicted molar refractivity (Wildman–Crippen MR) is 124 cm³/mol. The molecule has 2 aliphatic rings. The summed E-state index contributed by atoms with van der Waals surface area (Å²) >= 11 is 6.01. The van der Waals surface area contributed by atoms with Crippen molar-refractivity contribution >= 4 is 23.3 Å². The average Bonchev–Trinajstić information content (AvgIpc) is 3.20. The first-order valence-electron chi connectivity index (χ1n) is 11.2. The molecular formula is C25H32ClN3O. The third-order valence-electron chi connectivity index (χ3n) is 6.75. The second-order valence-electron chi connectivity index (χ2n) is 8.83. The van der Waals surface area contributed by atoms with Crippen LogP contribution in [0, 0.1) is 12.8 Å². The lowest BCUT2D eigenvalue weighted by atomic mass is 9.89. The number of nitrogens with zero attached hydrogens (tertiary/aromatic N) is 1. The number of carbonyl (C=O) groups is 1. The Balaban J connectivity index is 1.27. The van der Waals surface area contributed by atoms with Gasteiger partial charge < -0.3 is 10.6 Å². The third kappa shape index (κ3) is 5.35. The molecule has 1 aliphatic carbocycles. The van der Waals surface area contributed by atoms with Crippen LogP contribution in [0.25, 0.3) is 0 Å². The van der Waals surface area contributed by atoms with E-state index in [4.69, 9.17) is 11.6 Å². The van der Waals surface area contributed by atoms with Crippen molar-refractivity contribution < 1.29 is 4.79 Å².